The fourth-order valence-corrected chi connectivity index (χ4v) is 13.6. The average molecular weight is 756 g/mol. The van der Waals surface area contributed by atoms with Crippen LogP contribution in [-0.4, -0.2) is 0 Å². The summed E-state index contributed by atoms with van der Waals surface area (Å²) in [6.07, 6.45) is 8.37. The molecule has 0 saturated heterocycles. The number of fused-ring (bicyclic) bond motifs is 13. The van der Waals surface area contributed by atoms with Crippen LogP contribution >= 0.6 is 7.14 Å². The first-order valence-electron chi connectivity index (χ1n) is 20.7. The zero-order chi connectivity index (χ0) is 38.5. The Morgan fingerprint density at radius 2 is 1.37 bits per heavy atom. The highest BCUT2D eigenvalue weighted by atomic mass is 31.2. The summed E-state index contributed by atoms with van der Waals surface area (Å²) in [5.41, 5.74) is 14.7. The van der Waals surface area contributed by atoms with Crippen LogP contribution in [0.2, 0.25) is 0 Å². The Labute approximate surface area is 336 Å². The van der Waals surface area contributed by atoms with Crippen LogP contribution in [0.15, 0.2) is 175 Å². The summed E-state index contributed by atoms with van der Waals surface area (Å²) in [4.78, 5) is 2.69. The summed E-state index contributed by atoms with van der Waals surface area (Å²) in [5.74, 6) is 0.580. The van der Waals surface area contributed by atoms with Crippen LogP contribution in [-0.2, 0) is 16.4 Å². The molecule has 2 aliphatic carbocycles. The Morgan fingerprint density at radius 1 is 0.667 bits per heavy atom. The fourth-order valence-electron chi connectivity index (χ4n) is 10.9. The van der Waals surface area contributed by atoms with E-state index in [2.05, 4.69) is 135 Å². The van der Waals surface area contributed by atoms with Gasteiger partial charge in [0, 0.05) is 38.5 Å². The highest BCUT2D eigenvalue weighted by molar-refractivity contribution is 7.85. The number of hydrogen-bond donors (Lipinski definition) is 0. The van der Waals surface area contributed by atoms with E-state index in [0.29, 0.717) is 5.92 Å². The molecule has 4 aliphatic rings. The van der Waals surface area contributed by atoms with Gasteiger partial charge in [0.15, 0.2) is 7.14 Å². The number of aryl methyl sites for hydroxylation is 1. The summed E-state index contributed by atoms with van der Waals surface area (Å²) in [6.45, 7) is 7.14. The smallest absolute Gasteiger partial charge is 0.171 e. The van der Waals surface area contributed by atoms with Crippen molar-refractivity contribution in [3.8, 4) is 11.1 Å². The topological polar surface area (TPSA) is 20.3 Å². The molecule has 2 aliphatic heterocycles. The molecule has 2 nitrogen and oxygen atoms in total. The maximum Gasteiger partial charge on any atom is 0.171 e. The lowest BCUT2D eigenvalue weighted by atomic mass is 9.73. The van der Waals surface area contributed by atoms with Crippen LogP contribution in [0.3, 0.4) is 0 Å². The molecule has 0 spiro atoms. The van der Waals surface area contributed by atoms with E-state index in [1.54, 1.807) is 0 Å². The molecule has 11 rings (SSSR count). The van der Waals surface area contributed by atoms with Gasteiger partial charge in [-0.3, -0.25) is 0 Å². The van der Waals surface area contributed by atoms with Gasteiger partial charge in [0.1, 0.15) is 0 Å². The van der Waals surface area contributed by atoms with E-state index in [0.717, 1.165) is 35.2 Å². The van der Waals surface area contributed by atoms with Gasteiger partial charge in [-0.1, -0.05) is 178 Å². The first-order chi connectivity index (χ1) is 27.8. The summed E-state index contributed by atoms with van der Waals surface area (Å²) in [6, 6.07) is 57.1. The van der Waals surface area contributed by atoms with Crippen molar-refractivity contribution in [2.45, 2.75) is 57.4 Å². The molecule has 0 amide bonds. The second-order valence-electron chi connectivity index (χ2n) is 17.1. The average Bonchev–Trinajstić information content (AvgIpc) is 3.35. The molecule has 3 heteroatoms. The van der Waals surface area contributed by atoms with Crippen molar-refractivity contribution in [2.75, 3.05) is 4.90 Å². The van der Waals surface area contributed by atoms with Gasteiger partial charge in [0.05, 0.1) is 11.7 Å². The van der Waals surface area contributed by atoms with Crippen molar-refractivity contribution >= 4 is 50.8 Å². The number of anilines is 2. The lowest BCUT2D eigenvalue weighted by molar-refractivity contribution is 0.553. The molecule has 2 heterocycles. The predicted molar refractivity (Wildman–Crippen MR) is 240 cm³/mol. The van der Waals surface area contributed by atoms with Gasteiger partial charge in [0.25, 0.3) is 0 Å². The van der Waals surface area contributed by atoms with Crippen LogP contribution < -0.4 is 20.8 Å². The lowest BCUT2D eigenvalue weighted by Gasteiger charge is -2.41. The number of benzene rings is 7. The molecule has 0 bridgehead atoms. The van der Waals surface area contributed by atoms with Crippen molar-refractivity contribution in [2.24, 2.45) is 5.92 Å². The minimum absolute atomic E-state index is 0.231. The Hall–Kier alpha value is -5.69. The van der Waals surface area contributed by atoms with Gasteiger partial charge in [-0.25, -0.2) is 0 Å². The molecule has 3 unspecified atom stereocenters. The maximum atomic E-state index is 15.5. The Kier molecular flexibility index (Phi) is 7.83. The first-order valence-corrected chi connectivity index (χ1v) is 22.4. The zero-order valence-electron chi connectivity index (χ0n) is 32.8. The molecular formula is C54H46NOP. The second kappa shape index (κ2) is 12.9. The van der Waals surface area contributed by atoms with Crippen molar-refractivity contribution in [3.05, 3.63) is 203 Å². The van der Waals surface area contributed by atoms with Crippen molar-refractivity contribution < 1.29 is 4.57 Å². The molecule has 0 saturated carbocycles. The third kappa shape index (κ3) is 5.13. The monoisotopic (exact) mass is 755 g/mol. The molecule has 0 N–H and O–H groups in total. The van der Waals surface area contributed by atoms with E-state index in [4.69, 9.17) is 0 Å². The van der Waals surface area contributed by atoms with E-state index in [1.165, 1.54) is 72.2 Å². The minimum atomic E-state index is -3.11. The van der Waals surface area contributed by atoms with Crippen LogP contribution in [0.1, 0.15) is 73.4 Å². The summed E-state index contributed by atoms with van der Waals surface area (Å²) in [5, 5.41) is 5.33. The maximum absolute atomic E-state index is 15.5. The van der Waals surface area contributed by atoms with Crippen molar-refractivity contribution in [3.63, 3.8) is 0 Å². The normalized spacial score (nSPS) is 20.2. The molecule has 7 aromatic rings. The Bertz CT molecular complexity index is 2820. The number of hydrogen-bond acceptors (Lipinski definition) is 2. The molecule has 7 aromatic carbocycles. The van der Waals surface area contributed by atoms with Gasteiger partial charge in [-0.05, 0) is 93.1 Å². The minimum Gasteiger partial charge on any atom is -0.333 e. The third-order valence-electron chi connectivity index (χ3n) is 13.7. The van der Waals surface area contributed by atoms with Crippen LogP contribution in [0.4, 0.5) is 11.4 Å². The first kappa shape index (κ1) is 34.5. The fraction of sp³-hybridized carbons (Fsp3) is 0.185. The summed E-state index contributed by atoms with van der Waals surface area (Å²) >= 11 is 0. The van der Waals surface area contributed by atoms with Gasteiger partial charge < -0.3 is 9.46 Å². The molecule has 0 aromatic heterocycles. The van der Waals surface area contributed by atoms with Crippen molar-refractivity contribution in [1.29, 1.82) is 0 Å². The van der Waals surface area contributed by atoms with Gasteiger partial charge in [-0.15, -0.1) is 0 Å². The number of allylic oxidation sites excluding steroid dienone is 4. The predicted octanol–water partition coefficient (Wildman–Crippen LogP) is 12.7. The van der Waals surface area contributed by atoms with Gasteiger partial charge in [0.2, 0.25) is 0 Å². The van der Waals surface area contributed by atoms with Crippen LogP contribution in [0, 0.1) is 5.92 Å². The quantitative estimate of drug-likeness (QED) is 0.167. The van der Waals surface area contributed by atoms with Gasteiger partial charge in [-0.2, -0.15) is 0 Å². The molecule has 3 atom stereocenters. The summed E-state index contributed by atoms with van der Waals surface area (Å²) < 4.78 is 15.5. The second-order valence-corrected chi connectivity index (χ2v) is 19.9. The molecule has 0 fully saturated rings. The largest absolute Gasteiger partial charge is 0.333 e. The van der Waals surface area contributed by atoms with Crippen molar-refractivity contribution in [1.82, 2.24) is 0 Å². The van der Waals surface area contributed by atoms with E-state index in [-0.39, 0.29) is 17.4 Å². The van der Waals surface area contributed by atoms with Crippen LogP contribution in [0.25, 0.3) is 27.5 Å². The highest BCUT2D eigenvalue weighted by Gasteiger charge is 2.46. The van der Waals surface area contributed by atoms with E-state index in [9.17, 15) is 0 Å². The van der Waals surface area contributed by atoms with E-state index >= 15 is 4.57 Å². The SMILES string of the molecule is CC1C=C(c2ccc3c(c2)N2c4ccccc4CCCC2c2c-3ccc3ccccc23)C=C2C1c1ccc(P(=O)(c3ccccc3)c3ccccc3)cc1C2(C)C. The zero-order valence-corrected chi connectivity index (χ0v) is 33.7. The number of rotatable bonds is 4. The molecule has 0 radical (unpaired) electrons. The lowest BCUT2D eigenvalue weighted by Crippen LogP contribution is -2.28. The van der Waals surface area contributed by atoms with E-state index in [1.807, 2.05) is 60.7 Å². The number of nitrogens with zero attached hydrogens (tertiary/aromatic N) is 1. The Morgan fingerprint density at radius 3 is 2.16 bits per heavy atom. The van der Waals surface area contributed by atoms with Gasteiger partial charge >= 0.3 is 0 Å². The third-order valence-corrected chi connectivity index (χ3v) is 16.7. The van der Waals surface area contributed by atoms with E-state index < -0.39 is 7.14 Å². The standard InChI is InChI=1S/C54H46NOP/c1-35-31-39(32-48-52(35)46-30-27-42(34-47(46)54(48,2)3)57(56,40-18-6-4-7-19-40)41-20-8-5-9-21-41)38-26-28-44-45-29-25-36-15-10-12-22-43(36)53(45)50-24-14-17-37-16-11-13-23-49(37)55(50)51(44)33-38/h4-13,15-16,18-23,25-35,50,52H,14,17,24H2,1-3H3. The molecule has 57 heavy (non-hydrogen) atoms. The summed E-state index contributed by atoms with van der Waals surface area (Å²) in [7, 11) is -3.11. The molecule has 278 valence electrons. The Balaban J connectivity index is 1.04. The van der Waals surface area contributed by atoms with Crippen LogP contribution in [0.5, 0.6) is 0 Å². The number of para-hydroxylation sites is 1. The highest BCUT2D eigenvalue weighted by Crippen LogP contribution is 2.58. The molecular weight excluding hydrogens is 710 g/mol.